The van der Waals surface area contributed by atoms with E-state index in [4.69, 9.17) is 0 Å². The Balaban J connectivity index is 1.80. The molecule has 0 unspecified atom stereocenters. The third-order valence-corrected chi connectivity index (χ3v) is 3.41. The third-order valence-electron chi connectivity index (χ3n) is 3.41. The van der Waals surface area contributed by atoms with Gasteiger partial charge in [0, 0.05) is 7.05 Å². The number of fused-ring (bicyclic) bond motifs is 1. The maximum Gasteiger partial charge on any atom is 0.387 e. The van der Waals surface area contributed by atoms with Crippen LogP contribution in [0.3, 0.4) is 0 Å². The summed E-state index contributed by atoms with van der Waals surface area (Å²) in [7, 11) is 1.64. The molecule has 8 nitrogen and oxygen atoms in total. The number of nitrogens with one attached hydrogen (secondary N) is 1. The molecule has 0 aliphatic heterocycles. The standard InChI is InChI=1S/C15H13F2N5O3/c1-21-13-9(6-19-21)14(24)22(8-18-13)7-12(23)20-10-4-2-3-5-11(10)25-15(16)17/h2-6,8,15H,7H2,1H3,(H,20,23). The van der Waals surface area contributed by atoms with Crippen LogP contribution in [-0.4, -0.2) is 31.9 Å². The van der Waals surface area contributed by atoms with E-state index in [0.717, 1.165) is 4.57 Å². The summed E-state index contributed by atoms with van der Waals surface area (Å²) >= 11 is 0. The van der Waals surface area contributed by atoms with Crippen LogP contribution in [0.2, 0.25) is 0 Å². The number of halogens is 2. The van der Waals surface area contributed by atoms with Crippen LogP contribution >= 0.6 is 0 Å². The van der Waals surface area contributed by atoms with E-state index in [2.05, 4.69) is 20.1 Å². The van der Waals surface area contributed by atoms with Gasteiger partial charge in [-0.25, -0.2) is 4.98 Å². The highest BCUT2D eigenvalue weighted by Gasteiger charge is 2.14. The van der Waals surface area contributed by atoms with Gasteiger partial charge in [0.1, 0.15) is 24.0 Å². The van der Waals surface area contributed by atoms with Crippen molar-refractivity contribution in [3.63, 3.8) is 0 Å². The molecule has 3 aromatic rings. The molecule has 10 heteroatoms. The molecule has 1 N–H and O–H groups in total. The van der Waals surface area contributed by atoms with E-state index in [1.54, 1.807) is 13.1 Å². The Morgan fingerprint density at radius 2 is 2.12 bits per heavy atom. The Labute approximate surface area is 139 Å². The summed E-state index contributed by atoms with van der Waals surface area (Å²) in [5.41, 5.74) is 0.0546. The first-order valence-corrected chi connectivity index (χ1v) is 7.16. The molecule has 0 radical (unpaired) electrons. The van der Waals surface area contributed by atoms with E-state index in [1.807, 2.05) is 0 Å². The highest BCUT2D eigenvalue weighted by molar-refractivity contribution is 5.92. The lowest BCUT2D eigenvalue weighted by atomic mass is 10.3. The van der Waals surface area contributed by atoms with Crippen molar-refractivity contribution in [2.45, 2.75) is 13.2 Å². The number of nitrogens with zero attached hydrogens (tertiary/aromatic N) is 4. The minimum atomic E-state index is -3.02. The number of aryl methyl sites for hydroxylation is 1. The summed E-state index contributed by atoms with van der Waals surface area (Å²) < 4.78 is 31.7. The number of ether oxygens (including phenoxy) is 1. The first kappa shape index (κ1) is 16.6. The number of carbonyl (C=O) groups is 1. The number of carbonyl (C=O) groups excluding carboxylic acids is 1. The molecule has 2 aromatic heterocycles. The van der Waals surface area contributed by atoms with Crippen LogP contribution in [0.25, 0.3) is 11.0 Å². The highest BCUT2D eigenvalue weighted by atomic mass is 19.3. The van der Waals surface area contributed by atoms with Crippen LogP contribution in [0.5, 0.6) is 5.75 Å². The number of para-hydroxylation sites is 2. The minimum Gasteiger partial charge on any atom is -0.433 e. The zero-order valence-corrected chi connectivity index (χ0v) is 13.0. The fourth-order valence-electron chi connectivity index (χ4n) is 2.29. The molecule has 0 saturated heterocycles. The van der Waals surface area contributed by atoms with E-state index in [0.29, 0.717) is 5.65 Å². The van der Waals surface area contributed by atoms with Crippen LogP contribution in [0.1, 0.15) is 0 Å². The Kier molecular flexibility index (Phi) is 4.42. The van der Waals surface area contributed by atoms with Gasteiger partial charge in [-0.1, -0.05) is 12.1 Å². The molecule has 0 aliphatic carbocycles. The Hall–Kier alpha value is -3.30. The van der Waals surface area contributed by atoms with Gasteiger partial charge in [-0.3, -0.25) is 18.8 Å². The van der Waals surface area contributed by atoms with Crippen molar-refractivity contribution in [2.24, 2.45) is 7.05 Å². The van der Waals surface area contributed by atoms with Crippen molar-refractivity contribution >= 4 is 22.6 Å². The molecule has 130 valence electrons. The summed E-state index contributed by atoms with van der Waals surface area (Å²) in [4.78, 5) is 28.5. The van der Waals surface area contributed by atoms with Gasteiger partial charge < -0.3 is 10.1 Å². The zero-order valence-electron chi connectivity index (χ0n) is 13.0. The molecule has 0 saturated carbocycles. The molecule has 2 heterocycles. The third kappa shape index (κ3) is 3.47. The maximum absolute atomic E-state index is 12.4. The molecule has 0 bridgehead atoms. The van der Waals surface area contributed by atoms with Crippen molar-refractivity contribution in [3.8, 4) is 5.75 Å². The lowest BCUT2D eigenvalue weighted by Crippen LogP contribution is -2.28. The van der Waals surface area contributed by atoms with Gasteiger partial charge in [0.2, 0.25) is 5.91 Å². The first-order valence-electron chi connectivity index (χ1n) is 7.16. The maximum atomic E-state index is 12.4. The average Bonchev–Trinajstić information content (AvgIpc) is 2.93. The predicted octanol–water partition coefficient (Wildman–Crippen LogP) is 1.37. The Morgan fingerprint density at radius 1 is 1.36 bits per heavy atom. The van der Waals surface area contributed by atoms with Gasteiger partial charge in [0.15, 0.2) is 5.65 Å². The van der Waals surface area contributed by atoms with Crippen molar-refractivity contribution in [1.29, 1.82) is 0 Å². The van der Waals surface area contributed by atoms with Gasteiger partial charge in [-0.05, 0) is 12.1 Å². The minimum absolute atomic E-state index is 0.0799. The average molecular weight is 349 g/mol. The van der Waals surface area contributed by atoms with Crippen LogP contribution in [-0.2, 0) is 18.4 Å². The van der Waals surface area contributed by atoms with Gasteiger partial charge in [0.25, 0.3) is 5.56 Å². The van der Waals surface area contributed by atoms with E-state index in [9.17, 15) is 18.4 Å². The SMILES string of the molecule is Cn1ncc2c(=O)n(CC(=O)Nc3ccccc3OC(F)F)cnc21. The second-order valence-electron chi connectivity index (χ2n) is 5.11. The summed E-state index contributed by atoms with van der Waals surface area (Å²) in [6.07, 6.45) is 2.60. The smallest absolute Gasteiger partial charge is 0.387 e. The van der Waals surface area contributed by atoms with Gasteiger partial charge >= 0.3 is 6.61 Å². The largest absolute Gasteiger partial charge is 0.433 e. The summed E-state index contributed by atoms with van der Waals surface area (Å²) in [5.74, 6) is -0.753. The predicted molar refractivity (Wildman–Crippen MR) is 84.5 cm³/mol. The summed E-state index contributed by atoms with van der Waals surface area (Å²) in [6.45, 7) is -3.35. The zero-order chi connectivity index (χ0) is 18.0. The van der Waals surface area contributed by atoms with Crippen molar-refractivity contribution in [3.05, 3.63) is 47.1 Å². The molecule has 0 aliphatic rings. The Morgan fingerprint density at radius 3 is 2.88 bits per heavy atom. The lowest BCUT2D eigenvalue weighted by molar-refractivity contribution is -0.116. The highest BCUT2D eigenvalue weighted by Crippen LogP contribution is 2.25. The second kappa shape index (κ2) is 6.67. The van der Waals surface area contributed by atoms with E-state index < -0.39 is 18.1 Å². The van der Waals surface area contributed by atoms with Crippen molar-refractivity contribution in [2.75, 3.05) is 5.32 Å². The second-order valence-corrected chi connectivity index (χ2v) is 5.11. The lowest BCUT2D eigenvalue weighted by Gasteiger charge is -2.12. The molecular weight excluding hydrogens is 336 g/mol. The molecule has 25 heavy (non-hydrogen) atoms. The molecule has 0 atom stereocenters. The number of aromatic nitrogens is 4. The molecule has 0 spiro atoms. The number of alkyl halides is 2. The normalized spacial score (nSPS) is 11.0. The van der Waals surface area contributed by atoms with E-state index >= 15 is 0 Å². The first-order chi connectivity index (χ1) is 12.0. The van der Waals surface area contributed by atoms with Gasteiger partial charge in [0.05, 0.1) is 11.9 Å². The van der Waals surface area contributed by atoms with Gasteiger partial charge in [-0.15, -0.1) is 0 Å². The van der Waals surface area contributed by atoms with Crippen LogP contribution in [0.15, 0.2) is 41.6 Å². The van der Waals surface area contributed by atoms with Crippen molar-refractivity contribution < 1.29 is 18.3 Å². The Bertz CT molecular complexity index is 983. The van der Waals surface area contributed by atoms with Crippen molar-refractivity contribution in [1.82, 2.24) is 19.3 Å². The number of rotatable bonds is 5. The number of hydrogen-bond donors (Lipinski definition) is 1. The number of anilines is 1. The van der Waals surface area contributed by atoms with E-state index in [1.165, 1.54) is 35.4 Å². The monoisotopic (exact) mass is 349 g/mol. The fraction of sp³-hybridized carbons (Fsp3) is 0.200. The molecule has 3 rings (SSSR count). The molecule has 1 amide bonds. The van der Waals surface area contributed by atoms with Crippen LogP contribution in [0.4, 0.5) is 14.5 Å². The number of benzene rings is 1. The van der Waals surface area contributed by atoms with E-state index in [-0.39, 0.29) is 23.4 Å². The van der Waals surface area contributed by atoms with Gasteiger partial charge in [-0.2, -0.15) is 13.9 Å². The quantitative estimate of drug-likeness (QED) is 0.751. The summed E-state index contributed by atoms with van der Waals surface area (Å²) in [5, 5.41) is 6.65. The molecule has 1 aromatic carbocycles. The summed E-state index contributed by atoms with van der Waals surface area (Å²) in [6, 6.07) is 5.78. The van der Waals surface area contributed by atoms with Crippen LogP contribution in [0, 0.1) is 0 Å². The molecule has 0 fully saturated rings. The topological polar surface area (TPSA) is 91.0 Å². The molecular formula is C15H13F2N5O3. The number of amides is 1. The fourth-order valence-corrected chi connectivity index (χ4v) is 2.29. The number of hydrogen-bond acceptors (Lipinski definition) is 5. The van der Waals surface area contributed by atoms with Crippen LogP contribution < -0.4 is 15.6 Å².